The van der Waals surface area contributed by atoms with Crippen LogP contribution >= 0.6 is 12.4 Å². The SMILES string of the molecule is CCCN(C(=O)CCNC)C(C)c1cc2ccccc2o1.Cl. The number of halogens is 1. The van der Waals surface area contributed by atoms with Crippen molar-refractivity contribution >= 4 is 29.3 Å². The number of para-hydroxylation sites is 1. The highest BCUT2D eigenvalue weighted by molar-refractivity contribution is 5.85. The molecule has 1 aromatic carbocycles. The third kappa shape index (κ3) is 4.24. The van der Waals surface area contributed by atoms with Gasteiger partial charge in [-0.3, -0.25) is 4.79 Å². The van der Waals surface area contributed by atoms with Gasteiger partial charge in [0.2, 0.25) is 5.91 Å². The third-order valence-corrected chi connectivity index (χ3v) is 3.70. The molecule has 0 aliphatic heterocycles. The summed E-state index contributed by atoms with van der Waals surface area (Å²) in [5.74, 6) is 1.02. The highest BCUT2D eigenvalue weighted by Gasteiger charge is 2.23. The van der Waals surface area contributed by atoms with E-state index in [2.05, 4.69) is 12.2 Å². The van der Waals surface area contributed by atoms with Gasteiger partial charge in [0.25, 0.3) is 0 Å². The monoisotopic (exact) mass is 324 g/mol. The van der Waals surface area contributed by atoms with Crippen molar-refractivity contribution in [2.75, 3.05) is 20.1 Å². The highest BCUT2D eigenvalue weighted by atomic mass is 35.5. The minimum Gasteiger partial charge on any atom is -0.459 e. The van der Waals surface area contributed by atoms with E-state index < -0.39 is 0 Å². The highest BCUT2D eigenvalue weighted by Crippen LogP contribution is 2.27. The molecular weight excluding hydrogens is 300 g/mol. The average molecular weight is 325 g/mol. The Kier molecular flexibility index (Phi) is 7.42. The molecule has 0 saturated carbocycles. The standard InChI is InChI=1S/C17H24N2O2.ClH/c1-4-11-19(17(20)9-10-18-3)13(2)16-12-14-7-5-6-8-15(14)21-16;/h5-8,12-13,18H,4,9-11H2,1-3H3;1H. The van der Waals surface area contributed by atoms with Gasteiger partial charge in [-0.05, 0) is 32.5 Å². The molecule has 2 rings (SSSR count). The summed E-state index contributed by atoms with van der Waals surface area (Å²) in [6.07, 6.45) is 1.46. The molecule has 5 heteroatoms. The lowest BCUT2D eigenvalue weighted by Gasteiger charge is -2.27. The van der Waals surface area contributed by atoms with Gasteiger partial charge in [-0.25, -0.2) is 0 Å². The van der Waals surface area contributed by atoms with Gasteiger partial charge < -0.3 is 14.6 Å². The molecule has 1 unspecified atom stereocenters. The molecule has 1 heterocycles. The van der Waals surface area contributed by atoms with E-state index in [9.17, 15) is 4.79 Å². The normalized spacial score (nSPS) is 12.0. The lowest BCUT2D eigenvalue weighted by molar-refractivity contribution is -0.133. The number of hydrogen-bond donors (Lipinski definition) is 1. The number of amides is 1. The predicted octanol–water partition coefficient (Wildman–Crippen LogP) is 3.76. The van der Waals surface area contributed by atoms with Crippen LogP contribution in [0.25, 0.3) is 11.0 Å². The van der Waals surface area contributed by atoms with Crippen LogP contribution < -0.4 is 5.32 Å². The van der Waals surface area contributed by atoms with Gasteiger partial charge in [-0.2, -0.15) is 0 Å². The second-order valence-corrected chi connectivity index (χ2v) is 5.30. The average Bonchev–Trinajstić information content (AvgIpc) is 2.93. The van der Waals surface area contributed by atoms with Crippen LogP contribution in [0, 0.1) is 0 Å². The van der Waals surface area contributed by atoms with Gasteiger partial charge in [0, 0.05) is 24.9 Å². The summed E-state index contributed by atoms with van der Waals surface area (Å²) < 4.78 is 5.90. The number of furan rings is 1. The molecule has 2 aromatic rings. The van der Waals surface area contributed by atoms with Crippen LogP contribution in [0.15, 0.2) is 34.7 Å². The lowest BCUT2D eigenvalue weighted by Crippen LogP contribution is -2.35. The van der Waals surface area contributed by atoms with E-state index >= 15 is 0 Å². The van der Waals surface area contributed by atoms with Crippen molar-refractivity contribution in [3.63, 3.8) is 0 Å². The van der Waals surface area contributed by atoms with Crippen LogP contribution in [-0.4, -0.2) is 30.9 Å². The fraction of sp³-hybridized carbons (Fsp3) is 0.471. The topological polar surface area (TPSA) is 45.5 Å². The third-order valence-electron chi connectivity index (χ3n) is 3.70. The zero-order valence-electron chi connectivity index (χ0n) is 13.5. The smallest absolute Gasteiger partial charge is 0.224 e. The van der Waals surface area contributed by atoms with Crippen molar-refractivity contribution in [3.8, 4) is 0 Å². The molecule has 1 N–H and O–H groups in total. The van der Waals surface area contributed by atoms with Gasteiger partial charge in [0.1, 0.15) is 11.3 Å². The van der Waals surface area contributed by atoms with Crippen LogP contribution in [0.3, 0.4) is 0 Å². The first-order valence-electron chi connectivity index (χ1n) is 7.60. The molecular formula is C17H25ClN2O2. The number of fused-ring (bicyclic) bond motifs is 1. The Balaban J connectivity index is 0.00000242. The lowest BCUT2D eigenvalue weighted by atomic mass is 10.1. The Morgan fingerprint density at radius 1 is 1.36 bits per heavy atom. The quantitative estimate of drug-likeness (QED) is 0.843. The minimum atomic E-state index is -0.0401. The van der Waals surface area contributed by atoms with E-state index in [4.69, 9.17) is 4.42 Å². The maximum Gasteiger partial charge on any atom is 0.224 e. The summed E-state index contributed by atoms with van der Waals surface area (Å²) in [5.41, 5.74) is 0.874. The first-order chi connectivity index (χ1) is 10.2. The summed E-state index contributed by atoms with van der Waals surface area (Å²) in [6, 6.07) is 9.94. The van der Waals surface area contributed by atoms with E-state index in [-0.39, 0.29) is 24.4 Å². The summed E-state index contributed by atoms with van der Waals surface area (Å²) in [6.45, 7) is 5.57. The van der Waals surface area contributed by atoms with Crippen LogP contribution in [0.4, 0.5) is 0 Å². The maximum absolute atomic E-state index is 12.4. The summed E-state index contributed by atoms with van der Waals surface area (Å²) >= 11 is 0. The predicted molar refractivity (Wildman–Crippen MR) is 92.4 cm³/mol. The molecule has 0 fully saturated rings. The zero-order valence-corrected chi connectivity index (χ0v) is 14.3. The van der Waals surface area contributed by atoms with Gasteiger partial charge in [0.05, 0.1) is 6.04 Å². The Hall–Kier alpha value is -1.52. The molecule has 1 aromatic heterocycles. The number of benzene rings is 1. The van der Waals surface area contributed by atoms with Crippen LogP contribution in [0.1, 0.15) is 38.5 Å². The Morgan fingerprint density at radius 3 is 2.73 bits per heavy atom. The van der Waals surface area contributed by atoms with Crippen LogP contribution in [0.2, 0.25) is 0 Å². The van der Waals surface area contributed by atoms with Crippen molar-refractivity contribution in [1.82, 2.24) is 10.2 Å². The number of nitrogens with zero attached hydrogens (tertiary/aromatic N) is 1. The molecule has 22 heavy (non-hydrogen) atoms. The first-order valence-corrected chi connectivity index (χ1v) is 7.60. The minimum absolute atomic E-state index is 0. The Morgan fingerprint density at radius 2 is 2.09 bits per heavy atom. The van der Waals surface area contributed by atoms with Crippen molar-refractivity contribution in [2.24, 2.45) is 0 Å². The molecule has 4 nitrogen and oxygen atoms in total. The van der Waals surface area contributed by atoms with E-state index in [1.807, 2.05) is 49.2 Å². The van der Waals surface area contributed by atoms with Crippen molar-refractivity contribution < 1.29 is 9.21 Å². The second-order valence-electron chi connectivity index (χ2n) is 5.30. The van der Waals surface area contributed by atoms with Crippen LogP contribution in [0.5, 0.6) is 0 Å². The fourth-order valence-electron chi connectivity index (χ4n) is 2.51. The Bertz CT molecular complexity index is 564. The first kappa shape index (κ1) is 18.5. The molecule has 1 atom stereocenters. The molecule has 0 bridgehead atoms. The Labute approximate surface area is 138 Å². The number of nitrogens with one attached hydrogen (secondary N) is 1. The van der Waals surface area contributed by atoms with Crippen molar-refractivity contribution in [1.29, 1.82) is 0 Å². The van der Waals surface area contributed by atoms with E-state index in [1.165, 1.54) is 0 Å². The van der Waals surface area contributed by atoms with Gasteiger partial charge >= 0.3 is 0 Å². The zero-order chi connectivity index (χ0) is 15.2. The number of rotatable bonds is 7. The van der Waals surface area contributed by atoms with Crippen LogP contribution in [-0.2, 0) is 4.79 Å². The maximum atomic E-state index is 12.4. The molecule has 0 spiro atoms. The summed E-state index contributed by atoms with van der Waals surface area (Å²) in [7, 11) is 1.86. The van der Waals surface area contributed by atoms with E-state index in [0.29, 0.717) is 13.0 Å². The van der Waals surface area contributed by atoms with Gasteiger partial charge in [-0.1, -0.05) is 25.1 Å². The fourth-order valence-corrected chi connectivity index (χ4v) is 2.51. The molecule has 122 valence electrons. The summed E-state index contributed by atoms with van der Waals surface area (Å²) in [5, 5.41) is 4.11. The second kappa shape index (κ2) is 8.81. The molecule has 0 aliphatic rings. The largest absolute Gasteiger partial charge is 0.459 e. The van der Waals surface area contributed by atoms with E-state index in [0.717, 1.165) is 29.7 Å². The molecule has 1 amide bonds. The number of carbonyl (C=O) groups is 1. The number of carbonyl (C=O) groups excluding carboxylic acids is 1. The molecule has 0 aliphatic carbocycles. The van der Waals surface area contributed by atoms with E-state index in [1.54, 1.807) is 0 Å². The summed E-state index contributed by atoms with van der Waals surface area (Å²) in [4.78, 5) is 14.3. The molecule has 0 radical (unpaired) electrons. The van der Waals surface area contributed by atoms with Crippen molar-refractivity contribution in [3.05, 3.63) is 36.1 Å². The number of hydrogen-bond acceptors (Lipinski definition) is 3. The van der Waals surface area contributed by atoms with Gasteiger partial charge in [0.15, 0.2) is 0 Å². The van der Waals surface area contributed by atoms with Crippen molar-refractivity contribution in [2.45, 2.75) is 32.7 Å². The molecule has 0 saturated heterocycles. The van der Waals surface area contributed by atoms with Gasteiger partial charge in [-0.15, -0.1) is 12.4 Å².